The maximum Gasteiger partial charge on any atom is -0.0143 e. The molecule has 0 nitrogen and oxygen atoms in total. The number of aryl methyl sites for hydroxylation is 2. The number of benzene rings is 2. The Hall–Kier alpha value is -1.56. The van der Waals surface area contributed by atoms with Gasteiger partial charge >= 0.3 is 0 Å². The van der Waals surface area contributed by atoms with Gasteiger partial charge in [0.15, 0.2) is 0 Å². The van der Waals surface area contributed by atoms with Crippen molar-refractivity contribution < 1.29 is 0 Å². The molecule has 0 aliphatic rings. The van der Waals surface area contributed by atoms with Crippen LogP contribution in [0.5, 0.6) is 0 Å². The highest BCUT2D eigenvalue weighted by Crippen LogP contribution is 2.28. The molecule has 1 radical (unpaired) electrons. The second-order valence-corrected chi connectivity index (χ2v) is 4.72. The molecule has 0 atom stereocenters. The van der Waals surface area contributed by atoms with Crippen molar-refractivity contribution in [2.75, 3.05) is 0 Å². The lowest BCUT2D eigenvalue weighted by molar-refractivity contribution is 0.913. The molecule has 0 spiro atoms. The monoisotopic (exact) mass is 237 g/mol. The van der Waals surface area contributed by atoms with Gasteiger partial charge in [0.05, 0.1) is 0 Å². The summed E-state index contributed by atoms with van der Waals surface area (Å²) in [5.41, 5.74) is 5.56. The Bertz CT molecular complexity index is 449. The summed E-state index contributed by atoms with van der Waals surface area (Å²) < 4.78 is 0. The zero-order valence-electron chi connectivity index (χ0n) is 11.4. The Morgan fingerprint density at radius 3 is 2.33 bits per heavy atom. The highest BCUT2D eigenvalue weighted by molar-refractivity contribution is 5.70. The van der Waals surface area contributed by atoms with Crippen molar-refractivity contribution in [1.29, 1.82) is 0 Å². The Kier molecular flexibility index (Phi) is 4.58. The maximum absolute atomic E-state index is 3.41. The van der Waals surface area contributed by atoms with E-state index in [4.69, 9.17) is 0 Å². The minimum atomic E-state index is 1.11. The molecule has 0 bridgehead atoms. The molecule has 0 N–H and O–H groups in total. The molecule has 2 rings (SSSR count). The molecule has 0 unspecified atom stereocenters. The average molecular weight is 237 g/mol. The summed E-state index contributed by atoms with van der Waals surface area (Å²) >= 11 is 0. The van der Waals surface area contributed by atoms with Gasteiger partial charge in [-0.3, -0.25) is 0 Å². The van der Waals surface area contributed by atoms with E-state index in [1.807, 2.05) is 6.07 Å². The van der Waals surface area contributed by atoms with Crippen molar-refractivity contribution in [2.45, 2.75) is 39.5 Å². The van der Waals surface area contributed by atoms with Crippen LogP contribution in [-0.2, 0) is 12.8 Å². The smallest absolute Gasteiger partial charge is 0.0143 e. The molecule has 0 saturated carbocycles. The summed E-state index contributed by atoms with van der Waals surface area (Å²) in [4.78, 5) is 0. The standard InChI is InChI=1S/C18H21/c1-3-9-15-11-5-7-13-17(15)18-14-8-6-12-16(18)10-4-2/h5-8,11,13-14H,3-4,9-10H2,1-2H3. The quantitative estimate of drug-likeness (QED) is 0.682. The first-order valence-corrected chi connectivity index (χ1v) is 6.94. The van der Waals surface area contributed by atoms with Gasteiger partial charge in [-0.15, -0.1) is 0 Å². The fourth-order valence-corrected chi connectivity index (χ4v) is 2.45. The van der Waals surface area contributed by atoms with Gasteiger partial charge in [0.25, 0.3) is 0 Å². The van der Waals surface area contributed by atoms with Gasteiger partial charge in [0.2, 0.25) is 0 Å². The summed E-state index contributed by atoms with van der Waals surface area (Å²) in [5, 5.41) is 0. The van der Waals surface area contributed by atoms with Crippen LogP contribution in [0.25, 0.3) is 11.1 Å². The molecule has 0 heteroatoms. The van der Waals surface area contributed by atoms with Gasteiger partial charge in [-0.1, -0.05) is 69.2 Å². The van der Waals surface area contributed by atoms with E-state index in [0.29, 0.717) is 0 Å². The normalized spacial score (nSPS) is 10.6. The third kappa shape index (κ3) is 2.81. The summed E-state index contributed by atoms with van der Waals surface area (Å²) in [6, 6.07) is 18.5. The van der Waals surface area contributed by atoms with Crippen LogP contribution in [0.1, 0.15) is 37.8 Å². The first-order valence-electron chi connectivity index (χ1n) is 6.94. The van der Waals surface area contributed by atoms with Crippen LogP contribution >= 0.6 is 0 Å². The molecule has 0 heterocycles. The van der Waals surface area contributed by atoms with Crippen LogP contribution in [0.4, 0.5) is 0 Å². The van der Waals surface area contributed by atoms with Crippen molar-refractivity contribution in [1.82, 2.24) is 0 Å². The lowest BCUT2D eigenvalue weighted by Crippen LogP contribution is -1.94. The molecule has 18 heavy (non-hydrogen) atoms. The first kappa shape index (κ1) is 12.9. The van der Waals surface area contributed by atoms with Crippen LogP contribution in [0.3, 0.4) is 0 Å². The molecular formula is C18H21. The third-order valence-electron chi connectivity index (χ3n) is 3.27. The van der Waals surface area contributed by atoms with Gasteiger partial charge in [-0.2, -0.15) is 0 Å². The Morgan fingerprint density at radius 2 is 1.56 bits per heavy atom. The van der Waals surface area contributed by atoms with Gasteiger partial charge in [-0.25, -0.2) is 0 Å². The predicted molar refractivity (Wildman–Crippen MR) is 78.7 cm³/mol. The van der Waals surface area contributed by atoms with Crippen molar-refractivity contribution in [2.24, 2.45) is 0 Å². The van der Waals surface area contributed by atoms with E-state index in [1.165, 1.54) is 35.1 Å². The molecule has 0 amide bonds. The molecular weight excluding hydrogens is 216 g/mol. The number of hydrogen-bond donors (Lipinski definition) is 0. The van der Waals surface area contributed by atoms with Crippen LogP contribution in [0, 0.1) is 6.07 Å². The minimum absolute atomic E-state index is 1.11. The molecule has 2 aromatic carbocycles. The fraction of sp³-hybridized carbons (Fsp3) is 0.333. The van der Waals surface area contributed by atoms with Gasteiger partial charge in [-0.05, 0) is 41.2 Å². The van der Waals surface area contributed by atoms with E-state index in [-0.39, 0.29) is 0 Å². The summed E-state index contributed by atoms with van der Waals surface area (Å²) in [6.07, 6.45) is 4.62. The Morgan fingerprint density at radius 1 is 0.833 bits per heavy atom. The number of hydrogen-bond acceptors (Lipinski definition) is 0. The van der Waals surface area contributed by atoms with Gasteiger partial charge < -0.3 is 0 Å². The van der Waals surface area contributed by atoms with Crippen molar-refractivity contribution in [3.8, 4) is 11.1 Å². The molecule has 0 aliphatic heterocycles. The lowest BCUT2D eigenvalue weighted by atomic mass is 9.92. The second-order valence-electron chi connectivity index (χ2n) is 4.72. The largest absolute Gasteiger partial charge is 0.0651 e. The lowest BCUT2D eigenvalue weighted by Gasteiger charge is -2.12. The molecule has 2 aromatic rings. The van der Waals surface area contributed by atoms with Gasteiger partial charge in [0.1, 0.15) is 0 Å². The van der Waals surface area contributed by atoms with Crippen molar-refractivity contribution in [3.05, 3.63) is 59.7 Å². The second kappa shape index (κ2) is 6.39. The maximum atomic E-state index is 3.41. The Balaban J connectivity index is 2.47. The van der Waals surface area contributed by atoms with Gasteiger partial charge in [0, 0.05) is 0 Å². The number of rotatable bonds is 5. The van der Waals surface area contributed by atoms with Crippen LogP contribution in [0.2, 0.25) is 0 Å². The summed E-state index contributed by atoms with van der Waals surface area (Å²) in [5.74, 6) is 0. The van der Waals surface area contributed by atoms with E-state index in [0.717, 1.165) is 12.8 Å². The zero-order valence-corrected chi connectivity index (χ0v) is 11.4. The van der Waals surface area contributed by atoms with E-state index >= 15 is 0 Å². The van der Waals surface area contributed by atoms with Crippen LogP contribution < -0.4 is 0 Å². The van der Waals surface area contributed by atoms with E-state index in [1.54, 1.807) is 0 Å². The molecule has 93 valence electrons. The highest BCUT2D eigenvalue weighted by Gasteiger charge is 2.07. The zero-order chi connectivity index (χ0) is 12.8. The summed E-state index contributed by atoms with van der Waals surface area (Å²) in [7, 11) is 0. The van der Waals surface area contributed by atoms with E-state index in [2.05, 4.69) is 56.3 Å². The van der Waals surface area contributed by atoms with E-state index in [9.17, 15) is 0 Å². The molecule has 0 aliphatic carbocycles. The molecule has 0 fully saturated rings. The SMILES string of the molecule is CCCc1[c]cccc1-c1ccccc1CCC. The molecule has 0 saturated heterocycles. The van der Waals surface area contributed by atoms with Crippen LogP contribution in [-0.4, -0.2) is 0 Å². The van der Waals surface area contributed by atoms with Crippen molar-refractivity contribution in [3.63, 3.8) is 0 Å². The van der Waals surface area contributed by atoms with Crippen LogP contribution in [0.15, 0.2) is 42.5 Å². The highest BCUT2D eigenvalue weighted by atomic mass is 14.1. The third-order valence-corrected chi connectivity index (χ3v) is 3.27. The topological polar surface area (TPSA) is 0 Å². The summed E-state index contributed by atoms with van der Waals surface area (Å²) in [6.45, 7) is 4.46. The minimum Gasteiger partial charge on any atom is -0.0651 e. The van der Waals surface area contributed by atoms with E-state index < -0.39 is 0 Å². The Labute approximate surface area is 111 Å². The fourth-order valence-electron chi connectivity index (χ4n) is 2.45. The van der Waals surface area contributed by atoms with Crippen molar-refractivity contribution >= 4 is 0 Å². The molecule has 0 aromatic heterocycles. The predicted octanol–water partition coefficient (Wildman–Crippen LogP) is 5.06. The average Bonchev–Trinajstić information content (AvgIpc) is 2.41. The first-order chi connectivity index (χ1) is 8.86.